The fourth-order valence-electron chi connectivity index (χ4n) is 3.13. The molecule has 1 unspecified atom stereocenters. The Morgan fingerprint density at radius 2 is 1.80 bits per heavy atom. The first kappa shape index (κ1) is 22.4. The van der Waals surface area contributed by atoms with E-state index in [4.69, 9.17) is 9.47 Å². The zero-order valence-electron chi connectivity index (χ0n) is 17.1. The molecule has 0 saturated carbocycles. The molecule has 0 spiro atoms. The van der Waals surface area contributed by atoms with Crippen LogP contribution in [0.3, 0.4) is 0 Å². The van der Waals surface area contributed by atoms with Crippen LogP contribution in [0.15, 0.2) is 53.4 Å². The lowest BCUT2D eigenvalue weighted by atomic mass is 10.1. The Hall–Kier alpha value is -2.26. The number of carbonyl (C=O) groups excluding carboxylic acids is 1. The molecule has 1 aliphatic heterocycles. The summed E-state index contributed by atoms with van der Waals surface area (Å²) in [4.78, 5) is 12.5. The van der Waals surface area contributed by atoms with Crippen molar-refractivity contribution in [2.75, 3.05) is 19.8 Å². The standard InChI is InChI=1S/C22H28N2O5S/c1-2-28-16-18-7-5-17(6-8-18)14-23-22(25)19-9-11-21(12-10-19)30(26,27)24-15-20-4-3-13-29-20/h5-12,20,24H,2-4,13-16H2,1H3,(H,23,25). The second-order valence-electron chi connectivity index (χ2n) is 7.15. The maximum Gasteiger partial charge on any atom is 0.251 e. The Bertz CT molecular complexity index is 921. The van der Waals surface area contributed by atoms with Gasteiger partial charge in [-0.2, -0.15) is 0 Å². The van der Waals surface area contributed by atoms with E-state index in [1.807, 2.05) is 31.2 Å². The fourth-order valence-corrected chi connectivity index (χ4v) is 4.20. The molecule has 1 fully saturated rings. The summed E-state index contributed by atoms with van der Waals surface area (Å²) in [5.41, 5.74) is 2.46. The summed E-state index contributed by atoms with van der Waals surface area (Å²) in [7, 11) is -3.63. The quantitative estimate of drug-likeness (QED) is 0.602. The Kier molecular flexibility index (Phi) is 7.98. The van der Waals surface area contributed by atoms with Gasteiger partial charge in [-0.25, -0.2) is 13.1 Å². The van der Waals surface area contributed by atoms with Gasteiger partial charge in [0.2, 0.25) is 10.0 Å². The Morgan fingerprint density at radius 3 is 2.43 bits per heavy atom. The van der Waals surface area contributed by atoms with Gasteiger partial charge in [0.05, 0.1) is 17.6 Å². The number of sulfonamides is 1. The smallest absolute Gasteiger partial charge is 0.251 e. The SMILES string of the molecule is CCOCc1ccc(CNC(=O)c2ccc(S(=O)(=O)NCC3CCCO3)cc2)cc1. The fraction of sp³-hybridized carbons (Fsp3) is 0.409. The predicted octanol–water partition coefficient (Wildman–Crippen LogP) is 2.61. The number of nitrogens with one attached hydrogen (secondary N) is 2. The predicted molar refractivity (Wildman–Crippen MR) is 114 cm³/mol. The van der Waals surface area contributed by atoms with Crippen molar-refractivity contribution >= 4 is 15.9 Å². The highest BCUT2D eigenvalue weighted by Crippen LogP contribution is 2.14. The van der Waals surface area contributed by atoms with Crippen LogP contribution in [0.2, 0.25) is 0 Å². The third-order valence-corrected chi connectivity index (χ3v) is 6.34. The van der Waals surface area contributed by atoms with Crippen LogP contribution in [-0.4, -0.2) is 40.2 Å². The average molecular weight is 433 g/mol. The minimum Gasteiger partial charge on any atom is -0.377 e. The summed E-state index contributed by atoms with van der Waals surface area (Å²) < 4.78 is 38.2. The summed E-state index contributed by atoms with van der Waals surface area (Å²) in [5, 5.41) is 2.85. The van der Waals surface area contributed by atoms with E-state index in [1.54, 1.807) is 0 Å². The zero-order chi connectivity index (χ0) is 21.4. The molecular formula is C22H28N2O5S. The van der Waals surface area contributed by atoms with Gasteiger partial charge in [0.1, 0.15) is 0 Å². The van der Waals surface area contributed by atoms with Crippen LogP contribution in [0.5, 0.6) is 0 Å². The van der Waals surface area contributed by atoms with Crippen molar-refractivity contribution in [3.63, 3.8) is 0 Å². The van der Waals surface area contributed by atoms with E-state index >= 15 is 0 Å². The minimum atomic E-state index is -3.63. The van der Waals surface area contributed by atoms with Crippen molar-refractivity contribution < 1.29 is 22.7 Å². The Balaban J connectivity index is 1.51. The molecule has 1 aliphatic rings. The van der Waals surface area contributed by atoms with Crippen molar-refractivity contribution in [3.8, 4) is 0 Å². The van der Waals surface area contributed by atoms with E-state index < -0.39 is 10.0 Å². The molecule has 1 heterocycles. The molecule has 8 heteroatoms. The number of hydrogen-bond donors (Lipinski definition) is 2. The summed E-state index contributed by atoms with van der Waals surface area (Å²) >= 11 is 0. The van der Waals surface area contributed by atoms with Gasteiger partial charge < -0.3 is 14.8 Å². The van der Waals surface area contributed by atoms with E-state index in [-0.39, 0.29) is 23.5 Å². The highest BCUT2D eigenvalue weighted by atomic mass is 32.2. The maximum atomic E-state index is 12.4. The van der Waals surface area contributed by atoms with Crippen molar-refractivity contribution in [1.29, 1.82) is 0 Å². The Labute approximate surface area is 177 Å². The monoisotopic (exact) mass is 432 g/mol. The van der Waals surface area contributed by atoms with Gasteiger partial charge in [0, 0.05) is 31.9 Å². The number of benzene rings is 2. The van der Waals surface area contributed by atoms with Crippen LogP contribution in [0.25, 0.3) is 0 Å². The van der Waals surface area contributed by atoms with Gasteiger partial charge in [-0.15, -0.1) is 0 Å². The summed E-state index contributed by atoms with van der Waals surface area (Å²) in [6.45, 7) is 4.51. The lowest BCUT2D eigenvalue weighted by molar-refractivity contribution is 0.0950. The topological polar surface area (TPSA) is 93.7 Å². The Morgan fingerprint density at radius 1 is 1.10 bits per heavy atom. The third kappa shape index (κ3) is 6.37. The summed E-state index contributed by atoms with van der Waals surface area (Å²) in [5.74, 6) is -0.260. The van der Waals surface area contributed by atoms with Crippen LogP contribution in [-0.2, 0) is 32.6 Å². The van der Waals surface area contributed by atoms with Gasteiger partial charge in [-0.1, -0.05) is 24.3 Å². The van der Waals surface area contributed by atoms with E-state index in [1.165, 1.54) is 24.3 Å². The van der Waals surface area contributed by atoms with Gasteiger partial charge in [0.25, 0.3) is 5.91 Å². The lowest BCUT2D eigenvalue weighted by Crippen LogP contribution is -2.31. The highest BCUT2D eigenvalue weighted by molar-refractivity contribution is 7.89. The maximum absolute atomic E-state index is 12.4. The second-order valence-corrected chi connectivity index (χ2v) is 8.91. The molecule has 1 amide bonds. The molecule has 2 N–H and O–H groups in total. The first-order valence-electron chi connectivity index (χ1n) is 10.1. The van der Waals surface area contributed by atoms with E-state index in [9.17, 15) is 13.2 Å². The zero-order valence-corrected chi connectivity index (χ0v) is 17.9. The number of ether oxygens (including phenoxy) is 2. The molecule has 0 aromatic heterocycles. The van der Waals surface area contributed by atoms with Crippen LogP contribution in [0, 0.1) is 0 Å². The van der Waals surface area contributed by atoms with E-state index in [0.29, 0.717) is 31.9 Å². The number of rotatable bonds is 10. The normalized spacial score (nSPS) is 16.5. The molecule has 2 aromatic rings. The van der Waals surface area contributed by atoms with Crippen LogP contribution < -0.4 is 10.0 Å². The number of hydrogen-bond acceptors (Lipinski definition) is 5. The van der Waals surface area contributed by atoms with E-state index in [0.717, 1.165) is 24.0 Å². The second kappa shape index (κ2) is 10.7. The molecule has 0 aliphatic carbocycles. The number of carbonyl (C=O) groups is 1. The first-order chi connectivity index (χ1) is 14.5. The van der Waals surface area contributed by atoms with Gasteiger partial charge in [-0.3, -0.25) is 4.79 Å². The number of amides is 1. The van der Waals surface area contributed by atoms with Gasteiger partial charge >= 0.3 is 0 Å². The van der Waals surface area contributed by atoms with Crippen LogP contribution in [0.4, 0.5) is 0 Å². The largest absolute Gasteiger partial charge is 0.377 e. The lowest BCUT2D eigenvalue weighted by Gasteiger charge is -2.12. The van der Waals surface area contributed by atoms with Crippen molar-refractivity contribution in [2.24, 2.45) is 0 Å². The molecule has 0 radical (unpaired) electrons. The average Bonchev–Trinajstić information content (AvgIpc) is 3.29. The highest BCUT2D eigenvalue weighted by Gasteiger charge is 2.20. The molecule has 3 rings (SSSR count). The summed E-state index contributed by atoms with van der Waals surface area (Å²) in [6.07, 6.45) is 1.74. The summed E-state index contributed by atoms with van der Waals surface area (Å²) in [6, 6.07) is 13.8. The molecule has 1 saturated heterocycles. The molecule has 2 aromatic carbocycles. The van der Waals surface area contributed by atoms with Crippen molar-refractivity contribution in [2.45, 2.75) is 43.9 Å². The third-order valence-electron chi connectivity index (χ3n) is 4.90. The molecule has 30 heavy (non-hydrogen) atoms. The van der Waals surface area contributed by atoms with Crippen molar-refractivity contribution in [3.05, 3.63) is 65.2 Å². The van der Waals surface area contributed by atoms with E-state index in [2.05, 4.69) is 10.0 Å². The first-order valence-corrected chi connectivity index (χ1v) is 11.6. The molecule has 0 bridgehead atoms. The van der Waals surface area contributed by atoms with Crippen LogP contribution in [0.1, 0.15) is 41.3 Å². The van der Waals surface area contributed by atoms with Gasteiger partial charge in [0.15, 0.2) is 0 Å². The van der Waals surface area contributed by atoms with Gasteiger partial charge in [-0.05, 0) is 55.2 Å². The molecular weight excluding hydrogens is 404 g/mol. The molecule has 1 atom stereocenters. The van der Waals surface area contributed by atoms with Crippen LogP contribution >= 0.6 is 0 Å². The minimum absolute atomic E-state index is 0.0712. The molecule has 162 valence electrons. The van der Waals surface area contributed by atoms with Crippen molar-refractivity contribution in [1.82, 2.24) is 10.0 Å². The molecule has 7 nitrogen and oxygen atoms in total.